The maximum Gasteiger partial charge on any atom is 0.333 e. The van der Waals surface area contributed by atoms with Gasteiger partial charge in [0.15, 0.2) is 0 Å². The third-order valence-corrected chi connectivity index (χ3v) is 1.76. The van der Waals surface area contributed by atoms with Crippen molar-refractivity contribution in [2.45, 2.75) is 47.0 Å². The lowest BCUT2D eigenvalue weighted by molar-refractivity contribution is -0.139. The van der Waals surface area contributed by atoms with Crippen molar-refractivity contribution in [2.75, 3.05) is 6.61 Å². The third kappa shape index (κ3) is 12.7. The van der Waals surface area contributed by atoms with Crippen molar-refractivity contribution in [1.29, 1.82) is 0 Å². The molecule has 0 atom stereocenters. The normalized spacial score (nSPS) is 10.1. The Morgan fingerprint density at radius 3 is 2.19 bits per heavy atom. The van der Waals surface area contributed by atoms with Crippen LogP contribution >= 0.6 is 0 Å². The Morgan fingerprint density at radius 2 is 1.94 bits per heavy atom. The van der Waals surface area contributed by atoms with Crippen molar-refractivity contribution in [3.63, 3.8) is 0 Å². The molecule has 0 rings (SSSR count). The van der Waals surface area contributed by atoms with E-state index >= 15 is 0 Å². The lowest BCUT2D eigenvalue weighted by Crippen LogP contribution is -2.05. The van der Waals surface area contributed by atoms with E-state index in [1.807, 2.05) is 6.92 Å². The van der Waals surface area contributed by atoms with Crippen LogP contribution in [-0.4, -0.2) is 23.5 Å². The number of ether oxygens (including phenoxy) is 1. The highest BCUT2D eigenvalue weighted by Crippen LogP contribution is 1.94. The lowest BCUT2D eigenvalue weighted by atomic mass is 10.3. The summed E-state index contributed by atoms with van der Waals surface area (Å²) in [4.78, 5) is 10.7. The zero-order valence-electron chi connectivity index (χ0n) is 10.7. The Bertz CT molecular complexity index is 234. The van der Waals surface area contributed by atoms with Crippen molar-refractivity contribution in [2.24, 2.45) is 5.16 Å². The monoisotopic (exact) mass is 229 g/mol. The predicted octanol–water partition coefficient (Wildman–Crippen LogP) is 3.15. The van der Waals surface area contributed by atoms with E-state index in [1.165, 1.54) is 0 Å². The number of nitrogens with zero attached hydrogens (tertiary/aromatic N) is 1. The molecular weight excluding hydrogens is 206 g/mol. The molecule has 0 spiro atoms. The van der Waals surface area contributed by atoms with Gasteiger partial charge in [-0.25, -0.2) is 4.79 Å². The van der Waals surface area contributed by atoms with Crippen LogP contribution in [0.15, 0.2) is 17.3 Å². The number of hydrogen-bond acceptors (Lipinski definition) is 4. The topological polar surface area (TPSA) is 58.9 Å². The number of hydrogen-bond donors (Lipinski definition) is 1. The molecule has 1 N–H and O–H groups in total. The van der Waals surface area contributed by atoms with Crippen molar-refractivity contribution in [3.05, 3.63) is 12.2 Å². The highest BCUT2D eigenvalue weighted by Gasteiger charge is 2.00. The minimum atomic E-state index is -0.284. The van der Waals surface area contributed by atoms with Gasteiger partial charge in [-0.05, 0) is 26.7 Å². The molecule has 0 aliphatic heterocycles. The molecule has 0 unspecified atom stereocenters. The molecule has 4 nitrogen and oxygen atoms in total. The van der Waals surface area contributed by atoms with Crippen LogP contribution in [0.1, 0.15) is 47.0 Å². The van der Waals surface area contributed by atoms with Crippen LogP contribution in [0, 0.1) is 0 Å². The summed E-state index contributed by atoms with van der Waals surface area (Å²) in [6.45, 7) is 11.4. The molecule has 0 aromatic carbocycles. The number of carbonyl (C=O) groups is 1. The molecule has 4 heteroatoms. The fraction of sp³-hybridized carbons (Fsp3) is 0.667. The van der Waals surface area contributed by atoms with Gasteiger partial charge in [0.25, 0.3) is 0 Å². The summed E-state index contributed by atoms with van der Waals surface area (Å²) in [6, 6.07) is 0. The number of oxime groups is 1. The van der Waals surface area contributed by atoms with E-state index < -0.39 is 0 Å². The Morgan fingerprint density at radius 1 is 1.38 bits per heavy atom. The molecule has 0 amide bonds. The smallest absolute Gasteiger partial charge is 0.333 e. The van der Waals surface area contributed by atoms with Crippen LogP contribution < -0.4 is 0 Å². The van der Waals surface area contributed by atoms with E-state index in [9.17, 15) is 4.79 Å². The summed E-state index contributed by atoms with van der Waals surface area (Å²) in [7, 11) is 0. The van der Waals surface area contributed by atoms with Crippen LogP contribution in [0.2, 0.25) is 0 Å². The first-order valence-corrected chi connectivity index (χ1v) is 5.49. The lowest BCUT2D eigenvalue weighted by Gasteiger charge is -2.01. The molecule has 0 aromatic rings. The Labute approximate surface area is 98.0 Å². The fourth-order valence-electron chi connectivity index (χ4n) is 0.503. The molecule has 0 radical (unpaired) electrons. The zero-order chi connectivity index (χ0) is 13.0. The van der Waals surface area contributed by atoms with Gasteiger partial charge in [0.05, 0.1) is 12.3 Å². The van der Waals surface area contributed by atoms with E-state index in [1.54, 1.807) is 13.8 Å². The maximum absolute atomic E-state index is 10.7. The van der Waals surface area contributed by atoms with Crippen LogP contribution in [0.5, 0.6) is 0 Å². The number of carbonyl (C=O) groups excluding carboxylic acids is 1. The molecule has 0 heterocycles. The van der Waals surface area contributed by atoms with Gasteiger partial charge in [0.1, 0.15) is 0 Å². The fourth-order valence-corrected chi connectivity index (χ4v) is 0.503. The second-order valence-electron chi connectivity index (χ2n) is 3.46. The summed E-state index contributed by atoms with van der Waals surface area (Å²) in [5.41, 5.74) is 1.24. The molecule has 0 aliphatic rings. The summed E-state index contributed by atoms with van der Waals surface area (Å²) < 4.78 is 4.81. The molecule has 0 fully saturated rings. The molecule has 0 saturated carbocycles. The number of rotatable bonds is 5. The first-order valence-electron chi connectivity index (χ1n) is 5.49. The van der Waals surface area contributed by atoms with Crippen molar-refractivity contribution >= 4 is 11.7 Å². The summed E-state index contributed by atoms with van der Waals surface area (Å²) in [5, 5.41) is 10.8. The van der Waals surface area contributed by atoms with Gasteiger partial charge in [-0.2, -0.15) is 0 Å². The van der Waals surface area contributed by atoms with Crippen LogP contribution in [0.3, 0.4) is 0 Å². The average Bonchev–Trinajstić information content (AvgIpc) is 2.28. The van der Waals surface area contributed by atoms with Crippen molar-refractivity contribution in [3.8, 4) is 0 Å². The average molecular weight is 229 g/mol. The quantitative estimate of drug-likeness (QED) is 0.197. The standard InChI is InChI=1S/C8H14O2.C4H9NO/c1-4-5-6-10-8(9)7(2)3;1-3-4(2)5-6/h2,4-6H2,1,3H3;6H,3H2,1-2H3. The van der Waals surface area contributed by atoms with E-state index in [4.69, 9.17) is 9.94 Å². The minimum Gasteiger partial charge on any atom is -0.462 e. The molecular formula is C12H23NO3. The second-order valence-corrected chi connectivity index (χ2v) is 3.46. The van der Waals surface area contributed by atoms with Gasteiger partial charge < -0.3 is 9.94 Å². The van der Waals surface area contributed by atoms with Crippen molar-refractivity contribution in [1.82, 2.24) is 0 Å². The van der Waals surface area contributed by atoms with Crippen LogP contribution in [-0.2, 0) is 9.53 Å². The molecule has 0 bridgehead atoms. The van der Waals surface area contributed by atoms with Gasteiger partial charge >= 0.3 is 5.97 Å². The minimum absolute atomic E-state index is 0.284. The SMILES string of the molecule is C=C(C)C(=O)OCCCC.CCC(C)=NO. The molecule has 0 aliphatic carbocycles. The van der Waals surface area contributed by atoms with Crippen LogP contribution in [0.4, 0.5) is 0 Å². The van der Waals surface area contributed by atoms with E-state index in [0.717, 1.165) is 25.0 Å². The first-order chi connectivity index (χ1) is 7.49. The molecule has 94 valence electrons. The summed E-state index contributed by atoms with van der Waals surface area (Å²) in [5.74, 6) is -0.284. The molecule has 0 aromatic heterocycles. The second kappa shape index (κ2) is 11.8. The van der Waals surface area contributed by atoms with Gasteiger partial charge in [-0.15, -0.1) is 0 Å². The first kappa shape index (κ1) is 17.1. The van der Waals surface area contributed by atoms with Crippen molar-refractivity contribution < 1.29 is 14.7 Å². The van der Waals surface area contributed by atoms with E-state index in [-0.39, 0.29) is 5.97 Å². The Hall–Kier alpha value is -1.32. The third-order valence-electron chi connectivity index (χ3n) is 1.76. The van der Waals surface area contributed by atoms with E-state index in [2.05, 4.69) is 18.7 Å². The maximum atomic E-state index is 10.7. The zero-order valence-corrected chi connectivity index (χ0v) is 10.7. The summed E-state index contributed by atoms with van der Waals surface area (Å²) in [6.07, 6.45) is 2.80. The predicted molar refractivity (Wildman–Crippen MR) is 65.9 cm³/mol. The van der Waals surface area contributed by atoms with E-state index in [0.29, 0.717) is 12.2 Å². The van der Waals surface area contributed by atoms with Gasteiger partial charge in [0.2, 0.25) is 0 Å². The number of esters is 1. The number of unbranched alkanes of at least 4 members (excludes halogenated alkanes) is 1. The molecule has 0 saturated heterocycles. The Balaban J connectivity index is 0. The van der Waals surface area contributed by atoms with Crippen LogP contribution in [0.25, 0.3) is 0 Å². The Kier molecular flexibility index (Phi) is 12.6. The van der Waals surface area contributed by atoms with Gasteiger partial charge in [0, 0.05) is 5.57 Å². The molecule has 16 heavy (non-hydrogen) atoms. The largest absolute Gasteiger partial charge is 0.462 e. The van der Waals surface area contributed by atoms with Gasteiger partial charge in [-0.1, -0.05) is 32.0 Å². The van der Waals surface area contributed by atoms with Gasteiger partial charge in [-0.3, -0.25) is 0 Å². The highest BCUT2D eigenvalue weighted by atomic mass is 16.5. The summed E-state index contributed by atoms with van der Waals surface area (Å²) >= 11 is 0. The highest BCUT2D eigenvalue weighted by molar-refractivity contribution is 5.86.